The Morgan fingerprint density at radius 1 is 1.35 bits per heavy atom. The molecule has 0 bridgehead atoms. The number of thiophene rings is 1. The maximum atomic E-state index is 13.2. The summed E-state index contributed by atoms with van der Waals surface area (Å²) < 4.78 is 32.7. The van der Waals surface area contributed by atoms with Crippen LogP contribution in [0.5, 0.6) is 0 Å². The van der Waals surface area contributed by atoms with Gasteiger partial charge in [0.1, 0.15) is 4.21 Å². The Bertz CT molecular complexity index is 875. The molecule has 1 aromatic carbocycles. The van der Waals surface area contributed by atoms with Crippen molar-refractivity contribution in [1.29, 1.82) is 0 Å². The molecule has 1 aliphatic rings. The Hall–Kier alpha value is -1.74. The average Bonchev–Trinajstić information content (AvgIpc) is 3.18. The number of hydrogen-bond acceptors (Lipinski definition) is 6. The summed E-state index contributed by atoms with van der Waals surface area (Å²) in [6, 6.07) is 9.18. The predicted octanol–water partition coefficient (Wildman–Crippen LogP) is 2.43. The van der Waals surface area contributed by atoms with Gasteiger partial charge in [-0.05, 0) is 23.6 Å². The number of aryl methyl sites for hydroxylation is 1. The lowest BCUT2D eigenvalue weighted by molar-refractivity contribution is 0.0601. The van der Waals surface area contributed by atoms with Crippen molar-refractivity contribution in [2.24, 2.45) is 0 Å². The van der Waals surface area contributed by atoms with E-state index < -0.39 is 16.0 Å². The fraction of sp³-hybridized carbons (Fsp3) is 0.389. The van der Waals surface area contributed by atoms with E-state index in [1.807, 2.05) is 24.3 Å². The molecule has 0 aliphatic carbocycles. The number of benzene rings is 1. The average molecular weight is 395 g/mol. The number of nitrogens with zero attached hydrogens (tertiary/aromatic N) is 1. The molecule has 1 fully saturated rings. The Morgan fingerprint density at radius 2 is 2.08 bits per heavy atom. The minimum atomic E-state index is -3.69. The second-order valence-electron chi connectivity index (χ2n) is 6.08. The van der Waals surface area contributed by atoms with E-state index in [1.165, 1.54) is 28.4 Å². The smallest absolute Gasteiger partial charge is 0.338 e. The molecule has 0 spiro atoms. The molecule has 6 nitrogen and oxygen atoms in total. The second-order valence-corrected chi connectivity index (χ2v) is 9.11. The van der Waals surface area contributed by atoms with Gasteiger partial charge in [-0.3, -0.25) is 0 Å². The maximum absolute atomic E-state index is 13.2. The van der Waals surface area contributed by atoms with Crippen LogP contribution < -0.4 is 5.32 Å². The van der Waals surface area contributed by atoms with Crippen molar-refractivity contribution in [1.82, 2.24) is 9.62 Å². The van der Waals surface area contributed by atoms with Gasteiger partial charge in [0.2, 0.25) is 0 Å². The van der Waals surface area contributed by atoms with E-state index in [2.05, 4.69) is 17.0 Å². The molecule has 3 rings (SSSR count). The fourth-order valence-electron chi connectivity index (χ4n) is 3.03. The van der Waals surface area contributed by atoms with Crippen molar-refractivity contribution in [3.8, 4) is 0 Å². The minimum Gasteiger partial charge on any atom is -0.465 e. The van der Waals surface area contributed by atoms with Crippen molar-refractivity contribution in [3.05, 3.63) is 52.4 Å². The Kier molecular flexibility index (Phi) is 5.76. The molecular formula is C18H22N2O4S2. The summed E-state index contributed by atoms with van der Waals surface area (Å²) in [6.45, 7) is 3.62. The first-order valence-electron chi connectivity index (χ1n) is 8.45. The highest BCUT2D eigenvalue weighted by Crippen LogP contribution is 2.32. The lowest BCUT2D eigenvalue weighted by atomic mass is 10.0. The van der Waals surface area contributed by atoms with Gasteiger partial charge >= 0.3 is 5.97 Å². The highest BCUT2D eigenvalue weighted by molar-refractivity contribution is 7.91. The summed E-state index contributed by atoms with van der Waals surface area (Å²) in [4.78, 5) is 11.6. The molecule has 2 heterocycles. The van der Waals surface area contributed by atoms with Crippen molar-refractivity contribution < 1.29 is 17.9 Å². The maximum Gasteiger partial charge on any atom is 0.338 e. The molecule has 1 N–H and O–H groups in total. The summed E-state index contributed by atoms with van der Waals surface area (Å²) in [6.07, 6.45) is 0.941. The van der Waals surface area contributed by atoms with Gasteiger partial charge < -0.3 is 10.1 Å². The standard InChI is InChI=1S/C18H22N2O4S2/c1-3-13-4-6-14(7-5-13)16-11-19-8-9-20(16)26(22,23)17-10-15(12-25-17)18(21)24-2/h4-7,10,12,16,19H,3,8-9,11H2,1-2H3. The van der Waals surface area contributed by atoms with E-state index in [9.17, 15) is 13.2 Å². The van der Waals surface area contributed by atoms with Gasteiger partial charge in [0.25, 0.3) is 10.0 Å². The second kappa shape index (κ2) is 7.87. The number of ether oxygens (including phenoxy) is 1. The van der Waals surface area contributed by atoms with Gasteiger partial charge in [0.15, 0.2) is 0 Å². The third kappa shape index (κ3) is 3.68. The number of carbonyl (C=O) groups is 1. The molecule has 0 amide bonds. The highest BCUT2D eigenvalue weighted by atomic mass is 32.2. The summed E-state index contributed by atoms with van der Waals surface area (Å²) >= 11 is 1.05. The third-order valence-electron chi connectivity index (χ3n) is 4.53. The van der Waals surface area contributed by atoms with E-state index in [4.69, 9.17) is 0 Å². The summed E-state index contributed by atoms with van der Waals surface area (Å²) in [5.41, 5.74) is 2.44. The first kappa shape index (κ1) is 19.0. The number of carbonyl (C=O) groups excluding carboxylic acids is 1. The van der Waals surface area contributed by atoms with Crippen LogP contribution in [0.15, 0.2) is 39.9 Å². The van der Waals surface area contributed by atoms with E-state index in [0.717, 1.165) is 23.3 Å². The third-order valence-corrected chi connectivity index (χ3v) is 7.85. The first-order valence-corrected chi connectivity index (χ1v) is 10.8. The van der Waals surface area contributed by atoms with Crippen molar-refractivity contribution >= 4 is 27.3 Å². The van der Waals surface area contributed by atoms with Gasteiger partial charge in [-0.15, -0.1) is 11.3 Å². The van der Waals surface area contributed by atoms with Crippen molar-refractivity contribution in [2.45, 2.75) is 23.6 Å². The number of nitrogens with one attached hydrogen (secondary N) is 1. The Labute approximate surface area is 157 Å². The van der Waals surface area contributed by atoms with Gasteiger partial charge in [0.05, 0.1) is 18.7 Å². The van der Waals surface area contributed by atoms with Crippen LogP contribution in [0.2, 0.25) is 0 Å². The predicted molar refractivity (Wildman–Crippen MR) is 101 cm³/mol. The molecule has 1 atom stereocenters. The van der Waals surface area contributed by atoms with Crippen LogP contribution in [-0.2, 0) is 21.2 Å². The lowest BCUT2D eigenvalue weighted by Gasteiger charge is -2.35. The molecule has 140 valence electrons. The molecule has 0 radical (unpaired) electrons. The van der Waals surface area contributed by atoms with E-state index >= 15 is 0 Å². The van der Waals surface area contributed by atoms with Crippen molar-refractivity contribution in [3.63, 3.8) is 0 Å². The molecule has 1 aliphatic heterocycles. The van der Waals surface area contributed by atoms with Crippen LogP contribution in [0.25, 0.3) is 0 Å². The highest BCUT2D eigenvalue weighted by Gasteiger charge is 2.35. The quantitative estimate of drug-likeness (QED) is 0.789. The molecular weight excluding hydrogens is 372 g/mol. The lowest BCUT2D eigenvalue weighted by Crippen LogP contribution is -2.48. The SMILES string of the molecule is CCc1ccc(C2CNCCN2S(=O)(=O)c2cc(C(=O)OC)cs2)cc1. The van der Waals surface area contributed by atoms with E-state index in [-0.39, 0.29) is 15.8 Å². The number of methoxy groups -OCH3 is 1. The summed E-state index contributed by atoms with van der Waals surface area (Å²) in [5, 5.41) is 4.79. The molecule has 2 aromatic rings. The number of hydrogen-bond donors (Lipinski definition) is 1. The zero-order valence-electron chi connectivity index (χ0n) is 14.8. The van der Waals surface area contributed by atoms with Gasteiger partial charge in [-0.1, -0.05) is 31.2 Å². The number of piperazine rings is 1. The first-order chi connectivity index (χ1) is 12.5. The van der Waals surface area contributed by atoms with Gasteiger partial charge in [-0.25, -0.2) is 13.2 Å². The normalized spacial score (nSPS) is 18.6. The van der Waals surface area contributed by atoms with Gasteiger partial charge in [0, 0.05) is 25.0 Å². The topological polar surface area (TPSA) is 75.7 Å². The minimum absolute atomic E-state index is 0.162. The zero-order chi connectivity index (χ0) is 18.7. The van der Waals surface area contributed by atoms with E-state index in [0.29, 0.717) is 19.6 Å². The summed E-state index contributed by atoms with van der Waals surface area (Å²) in [5.74, 6) is -0.533. The monoisotopic (exact) mass is 394 g/mol. The number of esters is 1. The van der Waals surface area contributed by atoms with Crippen molar-refractivity contribution in [2.75, 3.05) is 26.7 Å². The van der Waals surface area contributed by atoms with Crippen LogP contribution >= 0.6 is 11.3 Å². The summed E-state index contributed by atoms with van der Waals surface area (Å²) in [7, 11) is -2.41. The molecule has 1 unspecified atom stereocenters. The molecule has 1 saturated heterocycles. The fourth-order valence-corrected chi connectivity index (χ4v) is 5.92. The zero-order valence-corrected chi connectivity index (χ0v) is 16.4. The van der Waals surface area contributed by atoms with Crippen LogP contribution in [0.3, 0.4) is 0 Å². The van der Waals surface area contributed by atoms with E-state index in [1.54, 1.807) is 0 Å². The molecule has 8 heteroatoms. The largest absolute Gasteiger partial charge is 0.465 e. The Balaban J connectivity index is 1.92. The molecule has 1 aromatic heterocycles. The van der Waals surface area contributed by atoms with Crippen LogP contribution in [0.1, 0.15) is 34.5 Å². The molecule has 26 heavy (non-hydrogen) atoms. The van der Waals surface area contributed by atoms with Gasteiger partial charge in [-0.2, -0.15) is 4.31 Å². The van der Waals surface area contributed by atoms with Crippen LogP contribution in [-0.4, -0.2) is 45.4 Å². The number of sulfonamides is 1. The molecule has 0 saturated carbocycles. The number of rotatable bonds is 5. The van der Waals surface area contributed by atoms with Crippen LogP contribution in [0.4, 0.5) is 0 Å². The Morgan fingerprint density at radius 3 is 2.73 bits per heavy atom. The van der Waals surface area contributed by atoms with Crippen LogP contribution in [0, 0.1) is 0 Å².